The zero-order chi connectivity index (χ0) is 10.1. The molecule has 1 heteroatoms. The third kappa shape index (κ3) is 1.35. The van der Waals surface area contributed by atoms with Crippen molar-refractivity contribution >= 4 is 17.0 Å². The van der Waals surface area contributed by atoms with E-state index in [1.165, 1.54) is 27.7 Å². The maximum Gasteiger partial charge on any atom is 0.0459 e. The van der Waals surface area contributed by atoms with Crippen molar-refractivity contribution in [3.05, 3.63) is 41.1 Å². The molecular weight excluding hydrogens is 170 g/mol. The number of aromatic nitrogens is 1. The van der Waals surface area contributed by atoms with Crippen molar-refractivity contribution in [2.75, 3.05) is 0 Å². The van der Waals surface area contributed by atoms with E-state index in [9.17, 15) is 0 Å². The first-order valence-corrected chi connectivity index (χ1v) is 4.94. The van der Waals surface area contributed by atoms with E-state index in [-0.39, 0.29) is 0 Å². The molecule has 1 N–H and O–H groups in total. The zero-order valence-corrected chi connectivity index (χ0v) is 8.89. The molecule has 2 aromatic rings. The molecule has 0 aliphatic heterocycles. The molecule has 0 radical (unpaired) electrons. The van der Waals surface area contributed by atoms with Gasteiger partial charge in [-0.3, -0.25) is 0 Å². The molecule has 0 aliphatic carbocycles. The number of fused-ring (bicyclic) bond motifs is 1. The highest BCUT2D eigenvalue weighted by molar-refractivity contribution is 5.86. The lowest BCUT2D eigenvalue weighted by molar-refractivity contribution is 1.30. The third-order valence-electron chi connectivity index (χ3n) is 2.60. The van der Waals surface area contributed by atoms with Crippen LogP contribution in [0, 0.1) is 13.8 Å². The van der Waals surface area contributed by atoms with Crippen molar-refractivity contribution in [2.24, 2.45) is 0 Å². The minimum absolute atomic E-state index is 1.22. The summed E-state index contributed by atoms with van der Waals surface area (Å²) in [6.07, 6.45) is 4.23. The smallest absolute Gasteiger partial charge is 0.0459 e. The van der Waals surface area contributed by atoms with E-state index >= 15 is 0 Å². The summed E-state index contributed by atoms with van der Waals surface area (Å²) in [5.74, 6) is 0. The first-order chi connectivity index (χ1) is 6.72. The molecule has 1 nitrogen and oxygen atoms in total. The quantitative estimate of drug-likeness (QED) is 0.695. The average molecular weight is 185 g/mol. The number of hydrogen-bond acceptors (Lipinski definition) is 0. The summed E-state index contributed by atoms with van der Waals surface area (Å²) in [6, 6.07) is 6.51. The van der Waals surface area contributed by atoms with Crippen LogP contribution in [-0.2, 0) is 0 Å². The Balaban J connectivity index is 2.73. The fraction of sp³-hybridized carbons (Fsp3) is 0.231. The Hall–Kier alpha value is -1.50. The lowest BCUT2D eigenvalue weighted by Gasteiger charge is -2.01. The van der Waals surface area contributed by atoms with Crippen LogP contribution in [0.15, 0.2) is 24.3 Å². The van der Waals surface area contributed by atoms with E-state index in [0.717, 1.165) is 0 Å². The van der Waals surface area contributed by atoms with Gasteiger partial charge >= 0.3 is 0 Å². The fourth-order valence-electron chi connectivity index (χ4n) is 1.87. The molecule has 0 unspecified atom stereocenters. The molecule has 1 aromatic heterocycles. The van der Waals surface area contributed by atoms with E-state index in [4.69, 9.17) is 0 Å². The summed E-state index contributed by atoms with van der Waals surface area (Å²) in [7, 11) is 0. The number of benzene rings is 1. The van der Waals surface area contributed by atoms with Gasteiger partial charge in [-0.15, -0.1) is 0 Å². The average Bonchev–Trinajstić information content (AvgIpc) is 2.52. The molecule has 1 aromatic carbocycles. The minimum atomic E-state index is 1.22. The molecule has 0 atom stereocenters. The SMILES string of the molecule is C/C=C\c1ccc2[nH]c(C)cc2c1C. The standard InChI is InChI=1S/C13H15N/c1-4-5-11-6-7-13-12(10(11)3)8-9(2)14-13/h4-8,14H,1-3H3/b5-4-. The molecule has 0 saturated heterocycles. The number of aryl methyl sites for hydroxylation is 2. The molecule has 0 spiro atoms. The van der Waals surface area contributed by atoms with Crippen molar-refractivity contribution in [3.8, 4) is 0 Å². The van der Waals surface area contributed by atoms with E-state index < -0.39 is 0 Å². The molecule has 72 valence electrons. The number of allylic oxidation sites excluding steroid dienone is 1. The summed E-state index contributed by atoms with van der Waals surface area (Å²) in [5.41, 5.74) is 5.11. The van der Waals surface area contributed by atoms with Gasteiger partial charge < -0.3 is 4.98 Å². The van der Waals surface area contributed by atoms with Crippen molar-refractivity contribution in [1.82, 2.24) is 4.98 Å². The van der Waals surface area contributed by atoms with Crippen molar-refractivity contribution < 1.29 is 0 Å². The van der Waals surface area contributed by atoms with E-state index in [1.807, 2.05) is 6.92 Å². The first-order valence-electron chi connectivity index (χ1n) is 4.94. The van der Waals surface area contributed by atoms with Gasteiger partial charge in [-0.1, -0.05) is 18.2 Å². The molecule has 0 fully saturated rings. The zero-order valence-electron chi connectivity index (χ0n) is 8.89. The second kappa shape index (κ2) is 3.33. The van der Waals surface area contributed by atoms with E-state index in [2.05, 4.69) is 49.2 Å². The van der Waals surface area contributed by atoms with Crippen LogP contribution in [0.1, 0.15) is 23.7 Å². The van der Waals surface area contributed by atoms with Gasteiger partial charge in [0.05, 0.1) is 0 Å². The number of nitrogens with one attached hydrogen (secondary N) is 1. The van der Waals surface area contributed by atoms with Gasteiger partial charge in [-0.25, -0.2) is 0 Å². The van der Waals surface area contributed by atoms with Crippen LogP contribution in [0.3, 0.4) is 0 Å². The molecule has 2 rings (SSSR count). The Labute approximate surface area is 84.5 Å². The van der Waals surface area contributed by atoms with Crippen LogP contribution < -0.4 is 0 Å². The largest absolute Gasteiger partial charge is 0.359 e. The highest BCUT2D eigenvalue weighted by atomic mass is 14.7. The number of hydrogen-bond donors (Lipinski definition) is 1. The Kier molecular flexibility index (Phi) is 2.16. The van der Waals surface area contributed by atoms with Gasteiger partial charge in [0, 0.05) is 16.6 Å². The van der Waals surface area contributed by atoms with Crippen LogP contribution in [0.4, 0.5) is 0 Å². The lowest BCUT2D eigenvalue weighted by atomic mass is 10.0. The predicted octanol–water partition coefficient (Wildman–Crippen LogP) is 3.82. The molecule has 0 aliphatic rings. The van der Waals surface area contributed by atoms with Gasteiger partial charge in [-0.2, -0.15) is 0 Å². The van der Waals surface area contributed by atoms with Gasteiger partial charge in [0.2, 0.25) is 0 Å². The van der Waals surface area contributed by atoms with Crippen LogP contribution in [0.25, 0.3) is 17.0 Å². The minimum Gasteiger partial charge on any atom is -0.359 e. The van der Waals surface area contributed by atoms with Crippen molar-refractivity contribution in [2.45, 2.75) is 20.8 Å². The van der Waals surface area contributed by atoms with E-state index in [1.54, 1.807) is 0 Å². The maximum atomic E-state index is 3.34. The van der Waals surface area contributed by atoms with E-state index in [0.29, 0.717) is 0 Å². The molecule has 0 bridgehead atoms. The van der Waals surface area contributed by atoms with Gasteiger partial charge in [0.25, 0.3) is 0 Å². The number of H-pyrrole nitrogens is 1. The van der Waals surface area contributed by atoms with Gasteiger partial charge in [0.15, 0.2) is 0 Å². The molecule has 0 saturated carbocycles. The summed E-state index contributed by atoms with van der Waals surface area (Å²) >= 11 is 0. The number of aromatic amines is 1. The second-order valence-corrected chi connectivity index (χ2v) is 3.69. The van der Waals surface area contributed by atoms with Crippen LogP contribution in [0.5, 0.6) is 0 Å². The Bertz CT molecular complexity index is 489. The normalized spacial score (nSPS) is 11.6. The summed E-state index contributed by atoms with van der Waals surface area (Å²) in [5, 5.41) is 1.33. The summed E-state index contributed by atoms with van der Waals surface area (Å²) < 4.78 is 0. The van der Waals surface area contributed by atoms with Crippen molar-refractivity contribution in [3.63, 3.8) is 0 Å². The predicted molar refractivity (Wildman–Crippen MR) is 62.5 cm³/mol. The molecular formula is C13H15N. The summed E-state index contributed by atoms with van der Waals surface area (Å²) in [4.78, 5) is 3.34. The Morgan fingerprint density at radius 1 is 1.21 bits per heavy atom. The lowest BCUT2D eigenvalue weighted by Crippen LogP contribution is -1.80. The van der Waals surface area contributed by atoms with Crippen LogP contribution >= 0.6 is 0 Å². The highest BCUT2D eigenvalue weighted by Gasteiger charge is 2.02. The first kappa shape index (κ1) is 9.07. The topological polar surface area (TPSA) is 15.8 Å². The molecule has 0 amide bonds. The highest BCUT2D eigenvalue weighted by Crippen LogP contribution is 2.23. The Morgan fingerprint density at radius 2 is 2.00 bits per heavy atom. The van der Waals surface area contributed by atoms with Gasteiger partial charge in [-0.05, 0) is 44.0 Å². The van der Waals surface area contributed by atoms with Crippen molar-refractivity contribution in [1.29, 1.82) is 0 Å². The molecule has 14 heavy (non-hydrogen) atoms. The van der Waals surface area contributed by atoms with Crippen LogP contribution in [0.2, 0.25) is 0 Å². The monoisotopic (exact) mass is 185 g/mol. The molecule has 1 heterocycles. The van der Waals surface area contributed by atoms with Gasteiger partial charge in [0.1, 0.15) is 0 Å². The van der Waals surface area contributed by atoms with Crippen LogP contribution in [-0.4, -0.2) is 4.98 Å². The Morgan fingerprint density at radius 3 is 2.71 bits per heavy atom. The fourth-order valence-corrected chi connectivity index (χ4v) is 1.87. The third-order valence-corrected chi connectivity index (χ3v) is 2.60. The maximum absolute atomic E-state index is 3.34. The second-order valence-electron chi connectivity index (χ2n) is 3.69. The number of rotatable bonds is 1. The summed E-state index contributed by atoms with van der Waals surface area (Å²) in [6.45, 7) is 6.31.